The summed E-state index contributed by atoms with van der Waals surface area (Å²) in [6, 6.07) is 5.96. The molecule has 0 bridgehead atoms. The van der Waals surface area contributed by atoms with E-state index in [9.17, 15) is 19.5 Å². The van der Waals surface area contributed by atoms with Gasteiger partial charge in [0.05, 0.1) is 22.8 Å². The molecule has 11 heteroatoms. The Balaban J connectivity index is 1.64. The van der Waals surface area contributed by atoms with Gasteiger partial charge >= 0.3 is 5.97 Å². The van der Waals surface area contributed by atoms with Crippen LogP contribution in [0.2, 0.25) is 0 Å². The highest BCUT2D eigenvalue weighted by molar-refractivity contribution is 6.05. The van der Waals surface area contributed by atoms with Crippen LogP contribution in [0.5, 0.6) is 11.5 Å². The van der Waals surface area contributed by atoms with Gasteiger partial charge in [-0.1, -0.05) is 25.5 Å². The lowest BCUT2D eigenvalue weighted by atomic mass is 10.0. The van der Waals surface area contributed by atoms with E-state index in [-0.39, 0.29) is 40.8 Å². The number of pyridine rings is 1. The van der Waals surface area contributed by atoms with Crippen LogP contribution in [-0.2, 0) is 4.79 Å². The fourth-order valence-electron chi connectivity index (χ4n) is 4.94. The number of carbonyl (C=O) groups is 2. The number of nitrogen functional groups attached to an aromatic ring is 1. The van der Waals surface area contributed by atoms with Gasteiger partial charge in [-0.25, -0.2) is 9.18 Å². The Hall–Kier alpha value is -4.12. The zero-order chi connectivity index (χ0) is 25.7. The molecule has 188 valence electrons. The summed E-state index contributed by atoms with van der Waals surface area (Å²) in [5.74, 6) is -2.15. The van der Waals surface area contributed by atoms with E-state index in [0.717, 1.165) is 6.42 Å². The van der Waals surface area contributed by atoms with Crippen molar-refractivity contribution in [2.75, 3.05) is 23.7 Å². The molecule has 1 amide bonds. The number of carboxylic acids is 1. The number of nitrogens with two attached hydrogens (primary N) is 2. The minimum atomic E-state index is -1.44. The van der Waals surface area contributed by atoms with Crippen LogP contribution >= 0.6 is 0 Å². The van der Waals surface area contributed by atoms with Crippen molar-refractivity contribution >= 4 is 34.2 Å². The molecule has 0 aliphatic carbocycles. The molecule has 2 aromatic carbocycles. The number of hydrogen-bond acceptors (Lipinski definition) is 7. The minimum absolute atomic E-state index is 0.0559. The van der Waals surface area contributed by atoms with Gasteiger partial charge in [0, 0.05) is 25.3 Å². The molecule has 3 heterocycles. The maximum atomic E-state index is 15.8. The third-order valence-corrected chi connectivity index (χ3v) is 6.71. The van der Waals surface area contributed by atoms with E-state index in [4.69, 9.17) is 16.2 Å². The van der Waals surface area contributed by atoms with Gasteiger partial charge in [0.25, 0.3) is 0 Å². The van der Waals surface area contributed by atoms with Gasteiger partial charge in [0.2, 0.25) is 11.3 Å². The molecular formula is C25H26FN5O5. The van der Waals surface area contributed by atoms with E-state index < -0.39 is 34.5 Å². The molecule has 1 aromatic heterocycles. The number of anilines is 2. The number of carboxylic acid groups (broad SMARTS) is 1. The fraction of sp³-hybridized carbons (Fsp3) is 0.320. The van der Waals surface area contributed by atoms with Gasteiger partial charge in [0.15, 0.2) is 17.3 Å². The predicted octanol–water partition coefficient (Wildman–Crippen LogP) is 2.34. The Bertz CT molecular complexity index is 1470. The Morgan fingerprint density at radius 3 is 2.81 bits per heavy atom. The van der Waals surface area contributed by atoms with Crippen molar-refractivity contribution < 1.29 is 23.8 Å². The molecule has 0 saturated carbocycles. The van der Waals surface area contributed by atoms with Crippen LogP contribution in [0.15, 0.2) is 35.3 Å². The summed E-state index contributed by atoms with van der Waals surface area (Å²) in [6.07, 6.45) is 3.09. The predicted molar refractivity (Wildman–Crippen MR) is 133 cm³/mol. The first-order chi connectivity index (χ1) is 17.2. The monoisotopic (exact) mass is 495 g/mol. The molecule has 36 heavy (non-hydrogen) atoms. The first-order valence-electron chi connectivity index (χ1n) is 11.7. The summed E-state index contributed by atoms with van der Waals surface area (Å²) in [4.78, 5) is 39.0. The largest absolute Gasteiger partial charge is 0.477 e. The molecule has 5 rings (SSSR count). The van der Waals surface area contributed by atoms with Crippen molar-refractivity contribution in [3.63, 3.8) is 0 Å². The molecule has 0 spiro atoms. The highest BCUT2D eigenvalue weighted by Crippen LogP contribution is 2.49. The van der Waals surface area contributed by atoms with Gasteiger partial charge in [-0.15, -0.1) is 0 Å². The lowest BCUT2D eigenvalue weighted by Gasteiger charge is -2.30. The highest BCUT2D eigenvalue weighted by atomic mass is 19.1. The van der Waals surface area contributed by atoms with Gasteiger partial charge < -0.3 is 36.1 Å². The number of aromatic carboxylic acids is 1. The molecular weight excluding hydrogens is 469 g/mol. The lowest BCUT2D eigenvalue weighted by Crippen LogP contribution is -2.46. The van der Waals surface area contributed by atoms with Gasteiger partial charge in [0.1, 0.15) is 16.8 Å². The molecule has 6 N–H and O–H groups in total. The number of aromatic nitrogens is 1. The molecule has 3 aromatic rings. The van der Waals surface area contributed by atoms with E-state index >= 15 is 4.39 Å². The average molecular weight is 496 g/mol. The number of benzene rings is 2. The number of halogens is 1. The van der Waals surface area contributed by atoms with Crippen molar-refractivity contribution in [2.45, 2.75) is 38.3 Å². The minimum Gasteiger partial charge on any atom is -0.477 e. The van der Waals surface area contributed by atoms with Gasteiger partial charge in [-0.2, -0.15) is 0 Å². The number of rotatable bonds is 6. The standard InChI is InChI=1S/C25H26FN5O5/c1-2-5-14(27)24(33)29-12-8-9-30(10-12)21-18(26)19(28)17-20-23(21)36-16-7-4-3-6-15(16)31(20)11-13(22(17)32)25(34)35/h3-4,6-7,11-12,14H,2,5,8-10,27-28H2,1H3,(H,29,33)(H,34,35). The van der Waals surface area contributed by atoms with Gasteiger partial charge in [-0.3, -0.25) is 9.59 Å². The Labute approximate surface area is 205 Å². The average Bonchev–Trinajstić information content (AvgIpc) is 3.30. The third kappa shape index (κ3) is 3.63. The SMILES string of the molecule is CCCC(N)C(=O)NC1CCN(c2c(F)c(N)c3c(=O)c(C(=O)O)cn4c3c2Oc2ccccc2-4)C1. The first-order valence-corrected chi connectivity index (χ1v) is 11.7. The molecule has 2 aliphatic heterocycles. The van der Waals surface area contributed by atoms with E-state index in [1.54, 1.807) is 29.2 Å². The van der Waals surface area contributed by atoms with Crippen molar-refractivity contribution in [1.29, 1.82) is 0 Å². The Morgan fingerprint density at radius 2 is 2.08 bits per heavy atom. The second-order valence-corrected chi connectivity index (χ2v) is 9.08. The summed E-state index contributed by atoms with van der Waals surface area (Å²) in [7, 11) is 0. The number of ether oxygens (including phenoxy) is 1. The zero-order valence-electron chi connectivity index (χ0n) is 19.6. The number of nitrogens with one attached hydrogen (secondary N) is 1. The smallest absolute Gasteiger partial charge is 0.341 e. The molecule has 2 atom stereocenters. The van der Waals surface area contributed by atoms with E-state index in [2.05, 4.69) is 5.32 Å². The van der Waals surface area contributed by atoms with Crippen LogP contribution in [0.1, 0.15) is 36.5 Å². The second-order valence-electron chi connectivity index (χ2n) is 9.08. The Kier molecular flexibility index (Phi) is 5.79. The highest BCUT2D eigenvalue weighted by Gasteiger charge is 2.35. The molecule has 2 aliphatic rings. The Morgan fingerprint density at radius 1 is 1.33 bits per heavy atom. The molecule has 1 fully saturated rings. The second kappa shape index (κ2) is 8.83. The summed E-state index contributed by atoms with van der Waals surface area (Å²) in [6.45, 7) is 2.62. The molecule has 10 nitrogen and oxygen atoms in total. The summed E-state index contributed by atoms with van der Waals surface area (Å²) in [5.41, 5.74) is 10.9. The molecule has 1 saturated heterocycles. The fourth-order valence-corrected chi connectivity index (χ4v) is 4.94. The summed E-state index contributed by atoms with van der Waals surface area (Å²) < 4.78 is 23.5. The van der Waals surface area contributed by atoms with Crippen LogP contribution in [0.4, 0.5) is 15.8 Å². The number of hydrogen-bond donors (Lipinski definition) is 4. The van der Waals surface area contributed by atoms with Crippen LogP contribution in [0.25, 0.3) is 16.6 Å². The topological polar surface area (TPSA) is 153 Å². The normalized spacial score (nSPS) is 17.0. The number of nitrogens with zero attached hydrogens (tertiary/aromatic N) is 2. The van der Waals surface area contributed by atoms with E-state index in [0.29, 0.717) is 30.8 Å². The number of amides is 1. The van der Waals surface area contributed by atoms with Crippen LogP contribution in [0, 0.1) is 5.82 Å². The van der Waals surface area contributed by atoms with Crippen LogP contribution in [-0.4, -0.2) is 46.7 Å². The summed E-state index contributed by atoms with van der Waals surface area (Å²) in [5, 5.41) is 12.3. The maximum absolute atomic E-state index is 15.8. The third-order valence-electron chi connectivity index (χ3n) is 6.71. The lowest BCUT2D eigenvalue weighted by molar-refractivity contribution is -0.123. The summed E-state index contributed by atoms with van der Waals surface area (Å²) >= 11 is 0. The maximum Gasteiger partial charge on any atom is 0.341 e. The zero-order valence-corrected chi connectivity index (χ0v) is 19.6. The number of para-hydroxylation sites is 2. The van der Waals surface area contributed by atoms with Crippen molar-refractivity contribution in [3.05, 3.63) is 52.1 Å². The van der Waals surface area contributed by atoms with Crippen molar-refractivity contribution in [1.82, 2.24) is 9.88 Å². The number of carbonyl (C=O) groups excluding carboxylic acids is 1. The molecule has 0 radical (unpaired) electrons. The first kappa shape index (κ1) is 23.6. The quantitative estimate of drug-likeness (QED) is 0.297. The van der Waals surface area contributed by atoms with E-state index in [1.165, 1.54) is 10.8 Å². The van der Waals surface area contributed by atoms with E-state index in [1.807, 2.05) is 6.92 Å². The van der Waals surface area contributed by atoms with Crippen molar-refractivity contribution in [2.24, 2.45) is 5.73 Å². The molecule has 2 unspecified atom stereocenters. The van der Waals surface area contributed by atoms with Gasteiger partial charge in [-0.05, 0) is 25.0 Å². The van der Waals surface area contributed by atoms with Crippen LogP contribution in [0.3, 0.4) is 0 Å². The van der Waals surface area contributed by atoms with Crippen LogP contribution < -0.4 is 31.8 Å². The number of fused-ring (bicyclic) bond motifs is 2. The van der Waals surface area contributed by atoms with Crippen molar-refractivity contribution in [3.8, 4) is 17.2 Å².